The number of anilines is 1. The van der Waals surface area contributed by atoms with Crippen LogP contribution in [0.15, 0.2) is 22.7 Å². The highest BCUT2D eigenvalue weighted by molar-refractivity contribution is 9.10. The number of hydrogen-bond acceptors (Lipinski definition) is 3. The average Bonchev–Trinajstić information content (AvgIpc) is 2.35. The van der Waals surface area contributed by atoms with Gasteiger partial charge in [0.15, 0.2) is 0 Å². The second kappa shape index (κ2) is 5.40. The van der Waals surface area contributed by atoms with E-state index in [9.17, 15) is 4.79 Å². The molecule has 1 atom stereocenters. The Balaban J connectivity index is 2.31. The zero-order valence-corrected chi connectivity index (χ0v) is 11.7. The molecule has 1 aliphatic heterocycles. The average molecular weight is 308 g/mol. The quantitative estimate of drug-likeness (QED) is 0.909. The number of nitriles is 1. The highest BCUT2D eigenvalue weighted by atomic mass is 79.9. The van der Waals surface area contributed by atoms with Crippen LogP contribution in [0.25, 0.3) is 0 Å². The molecule has 1 amide bonds. The monoisotopic (exact) mass is 307 g/mol. The Hall–Kier alpha value is -1.54. The van der Waals surface area contributed by atoms with Gasteiger partial charge in [0, 0.05) is 23.2 Å². The Morgan fingerprint density at radius 3 is 3.06 bits per heavy atom. The molecule has 18 heavy (non-hydrogen) atoms. The fourth-order valence-electron chi connectivity index (χ4n) is 2.07. The van der Waals surface area contributed by atoms with Gasteiger partial charge in [0.2, 0.25) is 5.91 Å². The summed E-state index contributed by atoms with van der Waals surface area (Å²) >= 11 is 3.49. The lowest BCUT2D eigenvalue weighted by Crippen LogP contribution is -2.55. The maximum Gasteiger partial charge on any atom is 0.243 e. The molecule has 4 nitrogen and oxygen atoms in total. The summed E-state index contributed by atoms with van der Waals surface area (Å²) in [5.41, 5.74) is 2.12. The molecule has 0 aliphatic carbocycles. The van der Waals surface area contributed by atoms with Crippen LogP contribution in [0, 0.1) is 18.3 Å². The second-order valence-electron chi connectivity index (χ2n) is 4.30. The first kappa shape index (κ1) is 12.9. The Bertz CT molecular complexity index is 509. The highest BCUT2D eigenvalue weighted by Gasteiger charge is 2.29. The van der Waals surface area contributed by atoms with Crippen molar-refractivity contribution in [3.05, 3.63) is 28.2 Å². The number of amides is 1. The highest BCUT2D eigenvalue weighted by Crippen LogP contribution is 2.26. The van der Waals surface area contributed by atoms with Crippen molar-refractivity contribution in [2.45, 2.75) is 19.4 Å². The molecular formula is C13H14BrN3O. The van der Waals surface area contributed by atoms with E-state index in [1.807, 2.05) is 30.0 Å². The van der Waals surface area contributed by atoms with E-state index in [0.717, 1.165) is 22.3 Å². The number of benzene rings is 1. The number of piperazine rings is 1. The number of nitrogens with one attached hydrogen (secondary N) is 1. The Kier molecular flexibility index (Phi) is 3.87. The first-order valence-corrected chi connectivity index (χ1v) is 6.60. The zero-order chi connectivity index (χ0) is 13.1. The van der Waals surface area contributed by atoms with Gasteiger partial charge in [-0.05, 0) is 24.6 Å². The summed E-state index contributed by atoms with van der Waals surface area (Å²) in [4.78, 5) is 13.8. The summed E-state index contributed by atoms with van der Waals surface area (Å²) < 4.78 is 1.02. The van der Waals surface area contributed by atoms with Crippen LogP contribution in [0.3, 0.4) is 0 Å². The second-order valence-corrected chi connectivity index (χ2v) is 5.15. The van der Waals surface area contributed by atoms with Gasteiger partial charge in [-0.2, -0.15) is 5.26 Å². The van der Waals surface area contributed by atoms with Gasteiger partial charge in [0.05, 0.1) is 12.5 Å². The minimum Gasteiger partial charge on any atom is -0.357 e. The largest absolute Gasteiger partial charge is 0.357 e. The zero-order valence-electron chi connectivity index (χ0n) is 10.1. The van der Waals surface area contributed by atoms with Crippen molar-refractivity contribution in [2.75, 3.05) is 18.0 Å². The van der Waals surface area contributed by atoms with Gasteiger partial charge in [0.25, 0.3) is 0 Å². The van der Waals surface area contributed by atoms with Crippen LogP contribution >= 0.6 is 15.9 Å². The van der Waals surface area contributed by atoms with E-state index in [1.165, 1.54) is 0 Å². The normalized spacial score (nSPS) is 19.3. The number of rotatable bonds is 2. The van der Waals surface area contributed by atoms with E-state index in [-0.39, 0.29) is 12.3 Å². The Morgan fingerprint density at radius 2 is 2.39 bits per heavy atom. The standard InChI is InChI=1S/C13H14BrN3O/c1-9-2-3-10(8-11(9)14)17-7-6-16-13(18)12(17)4-5-15/h2-3,8,12H,4,6-7H2,1H3,(H,16,18). The third-order valence-corrected chi connectivity index (χ3v) is 3.96. The van der Waals surface area contributed by atoms with Gasteiger partial charge >= 0.3 is 0 Å². The lowest BCUT2D eigenvalue weighted by Gasteiger charge is -2.35. The van der Waals surface area contributed by atoms with E-state index in [2.05, 4.69) is 27.3 Å². The molecule has 1 fully saturated rings. The van der Waals surface area contributed by atoms with E-state index in [4.69, 9.17) is 5.26 Å². The first-order chi connectivity index (χ1) is 8.63. The molecule has 1 aromatic rings. The van der Waals surface area contributed by atoms with E-state index in [1.54, 1.807) is 0 Å². The molecule has 0 radical (unpaired) electrons. The van der Waals surface area contributed by atoms with E-state index in [0.29, 0.717) is 6.54 Å². The summed E-state index contributed by atoms with van der Waals surface area (Å²) in [6, 6.07) is 7.69. The van der Waals surface area contributed by atoms with Gasteiger partial charge in [-0.1, -0.05) is 22.0 Å². The summed E-state index contributed by atoms with van der Waals surface area (Å²) in [7, 11) is 0. The van der Waals surface area contributed by atoms with Crippen molar-refractivity contribution in [1.29, 1.82) is 5.26 Å². The molecule has 0 bridgehead atoms. The molecule has 0 spiro atoms. The van der Waals surface area contributed by atoms with Crippen molar-refractivity contribution < 1.29 is 4.79 Å². The SMILES string of the molecule is Cc1ccc(N2CCNC(=O)C2CC#N)cc1Br. The van der Waals surface area contributed by atoms with E-state index < -0.39 is 6.04 Å². The van der Waals surface area contributed by atoms with Crippen LogP contribution in [-0.2, 0) is 4.79 Å². The predicted molar refractivity (Wildman–Crippen MR) is 73.3 cm³/mol. The number of halogens is 1. The summed E-state index contributed by atoms with van der Waals surface area (Å²) in [6.07, 6.45) is 0.206. The molecule has 0 saturated carbocycles. The van der Waals surface area contributed by atoms with Crippen LogP contribution in [0.4, 0.5) is 5.69 Å². The van der Waals surface area contributed by atoms with Gasteiger partial charge < -0.3 is 10.2 Å². The Morgan fingerprint density at radius 1 is 1.61 bits per heavy atom. The van der Waals surface area contributed by atoms with Crippen LogP contribution < -0.4 is 10.2 Å². The molecule has 1 heterocycles. The van der Waals surface area contributed by atoms with Crippen molar-refractivity contribution in [1.82, 2.24) is 5.32 Å². The minimum atomic E-state index is -0.390. The lowest BCUT2D eigenvalue weighted by atomic mass is 10.1. The molecule has 1 aliphatic rings. The molecule has 1 N–H and O–H groups in total. The van der Waals surface area contributed by atoms with Gasteiger partial charge in [-0.3, -0.25) is 4.79 Å². The van der Waals surface area contributed by atoms with Crippen LogP contribution in [0.1, 0.15) is 12.0 Å². The Labute approximate surface area is 115 Å². The third-order valence-electron chi connectivity index (χ3n) is 3.10. The first-order valence-electron chi connectivity index (χ1n) is 5.81. The third kappa shape index (κ3) is 2.49. The summed E-state index contributed by atoms with van der Waals surface area (Å²) in [5, 5.41) is 11.6. The van der Waals surface area contributed by atoms with Gasteiger partial charge in [0.1, 0.15) is 6.04 Å². The summed E-state index contributed by atoms with van der Waals surface area (Å²) in [5.74, 6) is -0.0699. The maximum atomic E-state index is 11.8. The maximum absolute atomic E-state index is 11.8. The molecule has 5 heteroatoms. The topological polar surface area (TPSA) is 56.1 Å². The van der Waals surface area contributed by atoms with Crippen molar-refractivity contribution in [3.63, 3.8) is 0 Å². The van der Waals surface area contributed by atoms with Crippen LogP contribution in [0.5, 0.6) is 0 Å². The number of carbonyl (C=O) groups is 1. The van der Waals surface area contributed by atoms with Crippen LogP contribution in [0.2, 0.25) is 0 Å². The van der Waals surface area contributed by atoms with E-state index >= 15 is 0 Å². The van der Waals surface area contributed by atoms with Crippen molar-refractivity contribution in [2.24, 2.45) is 0 Å². The van der Waals surface area contributed by atoms with Crippen molar-refractivity contribution in [3.8, 4) is 6.07 Å². The van der Waals surface area contributed by atoms with Crippen molar-refractivity contribution >= 4 is 27.5 Å². The molecule has 1 aromatic carbocycles. The number of hydrogen-bond donors (Lipinski definition) is 1. The fraction of sp³-hybridized carbons (Fsp3) is 0.385. The molecule has 1 saturated heterocycles. The number of aryl methyl sites for hydroxylation is 1. The van der Waals surface area contributed by atoms with Gasteiger partial charge in [-0.25, -0.2) is 0 Å². The molecule has 94 valence electrons. The molecule has 2 rings (SSSR count). The smallest absolute Gasteiger partial charge is 0.243 e. The lowest BCUT2D eigenvalue weighted by molar-refractivity contribution is -0.123. The fourth-order valence-corrected chi connectivity index (χ4v) is 2.44. The number of nitrogens with zero attached hydrogens (tertiary/aromatic N) is 2. The summed E-state index contributed by atoms with van der Waals surface area (Å²) in [6.45, 7) is 3.36. The minimum absolute atomic E-state index is 0.0699. The predicted octanol–water partition coefficient (Wildman–Crippen LogP) is 1.98. The van der Waals surface area contributed by atoms with Crippen LogP contribution in [-0.4, -0.2) is 25.0 Å². The molecular weight excluding hydrogens is 294 g/mol. The molecule has 0 aromatic heterocycles. The number of carbonyl (C=O) groups excluding carboxylic acids is 1. The molecule has 1 unspecified atom stereocenters. The van der Waals surface area contributed by atoms with Gasteiger partial charge in [-0.15, -0.1) is 0 Å².